The highest BCUT2D eigenvalue weighted by molar-refractivity contribution is 5.44. The summed E-state index contributed by atoms with van der Waals surface area (Å²) in [6.07, 6.45) is 0.108. The maximum absolute atomic E-state index is 9.15. The molecule has 0 saturated heterocycles. The summed E-state index contributed by atoms with van der Waals surface area (Å²) >= 11 is 0. The lowest BCUT2D eigenvalue weighted by atomic mass is 10.2. The Kier molecular flexibility index (Phi) is 1.68. The predicted octanol–water partition coefficient (Wildman–Crippen LogP) is -1.39. The number of fused-ring (bicyclic) bond motifs is 1. The van der Waals surface area contributed by atoms with Crippen molar-refractivity contribution in [3.8, 4) is 0 Å². The van der Waals surface area contributed by atoms with Crippen molar-refractivity contribution < 1.29 is 10.3 Å². The van der Waals surface area contributed by atoms with E-state index in [0.29, 0.717) is 21.3 Å². The molecular weight excluding hydrogens is 170 g/mol. The zero-order valence-corrected chi connectivity index (χ0v) is 6.75. The van der Waals surface area contributed by atoms with E-state index in [2.05, 4.69) is 4.99 Å². The van der Waals surface area contributed by atoms with Crippen LogP contribution in [0, 0.1) is 0 Å². The van der Waals surface area contributed by atoms with Crippen molar-refractivity contribution in [1.82, 2.24) is 5.06 Å². The molecule has 0 aliphatic carbocycles. The van der Waals surface area contributed by atoms with Gasteiger partial charge < -0.3 is 10.8 Å². The van der Waals surface area contributed by atoms with Gasteiger partial charge in [0.25, 0.3) is 0 Å². The number of anilines is 1. The second-order valence-corrected chi connectivity index (χ2v) is 2.76. The first-order valence-electron chi connectivity index (χ1n) is 3.78. The van der Waals surface area contributed by atoms with Crippen molar-refractivity contribution in [3.63, 3.8) is 0 Å². The molecule has 1 atom stereocenters. The number of aliphatic hydroxyl groups is 1. The summed E-state index contributed by atoms with van der Waals surface area (Å²) in [5.41, 5.74) is 6.16. The number of nitrogen functional groups attached to an aromatic ring is 1. The molecule has 4 N–H and O–H groups in total. The quantitative estimate of drug-likeness (QED) is 0.428. The van der Waals surface area contributed by atoms with Gasteiger partial charge in [-0.2, -0.15) is 0 Å². The molecule has 0 spiro atoms. The number of hydrogen-bond donors (Lipinski definition) is 3. The van der Waals surface area contributed by atoms with E-state index in [1.54, 1.807) is 18.2 Å². The minimum absolute atomic E-state index is 0.521. The first kappa shape index (κ1) is 8.03. The molecule has 5 heteroatoms. The van der Waals surface area contributed by atoms with Crippen molar-refractivity contribution in [2.45, 2.75) is 6.35 Å². The lowest BCUT2D eigenvalue weighted by Gasteiger charge is -2.18. The SMILES string of the molecule is Nc1cccc2c1=CN(O)C(O)N=2. The molecule has 0 amide bonds. The summed E-state index contributed by atoms with van der Waals surface area (Å²) in [4.78, 5) is 3.81. The van der Waals surface area contributed by atoms with Crippen molar-refractivity contribution in [2.75, 3.05) is 5.73 Å². The molecular formula is C8H9N3O2. The molecule has 0 fully saturated rings. The molecule has 1 unspecified atom stereocenters. The van der Waals surface area contributed by atoms with Gasteiger partial charge in [-0.05, 0) is 12.1 Å². The fraction of sp³-hybridized carbons (Fsp3) is 0.125. The van der Waals surface area contributed by atoms with Crippen LogP contribution in [0.1, 0.15) is 0 Å². The van der Waals surface area contributed by atoms with Gasteiger partial charge in [-0.15, -0.1) is 0 Å². The van der Waals surface area contributed by atoms with Gasteiger partial charge in [0.2, 0.25) is 6.35 Å². The average molecular weight is 179 g/mol. The fourth-order valence-electron chi connectivity index (χ4n) is 1.21. The second kappa shape index (κ2) is 2.72. The smallest absolute Gasteiger partial charge is 0.248 e. The van der Waals surface area contributed by atoms with Crippen molar-refractivity contribution in [3.05, 3.63) is 28.8 Å². The maximum Gasteiger partial charge on any atom is 0.248 e. The molecule has 1 heterocycles. The fourth-order valence-corrected chi connectivity index (χ4v) is 1.21. The third-order valence-corrected chi connectivity index (χ3v) is 1.87. The van der Waals surface area contributed by atoms with Gasteiger partial charge in [-0.25, -0.2) is 10.1 Å². The monoisotopic (exact) mass is 179 g/mol. The van der Waals surface area contributed by atoms with Crippen LogP contribution in [-0.2, 0) is 0 Å². The van der Waals surface area contributed by atoms with Gasteiger partial charge >= 0.3 is 0 Å². The molecule has 2 rings (SSSR count). The van der Waals surface area contributed by atoms with Crippen molar-refractivity contribution in [1.29, 1.82) is 0 Å². The van der Waals surface area contributed by atoms with E-state index < -0.39 is 6.35 Å². The number of aliphatic hydroxyl groups excluding tert-OH is 1. The number of nitrogens with two attached hydrogens (primary N) is 1. The van der Waals surface area contributed by atoms with Crippen LogP contribution in [0.2, 0.25) is 0 Å². The maximum atomic E-state index is 9.15. The summed E-state index contributed by atoms with van der Waals surface area (Å²) in [6.45, 7) is 0. The van der Waals surface area contributed by atoms with Crippen LogP contribution < -0.4 is 16.3 Å². The highest BCUT2D eigenvalue weighted by atomic mass is 16.5. The van der Waals surface area contributed by atoms with E-state index in [4.69, 9.17) is 16.0 Å². The molecule has 68 valence electrons. The molecule has 1 aromatic carbocycles. The third kappa shape index (κ3) is 1.24. The average Bonchev–Trinajstić information content (AvgIpc) is 2.09. The van der Waals surface area contributed by atoms with Gasteiger partial charge in [0, 0.05) is 17.1 Å². The predicted molar refractivity (Wildman–Crippen MR) is 45.7 cm³/mol. The van der Waals surface area contributed by atoms with Crippen LogP contribution in [0.5, 0.6) is 0 Å². The highest BCUT2D eigenvalue weighted by Crippen LogP contribution is 1.98. The van der Waals surface area contributed by atoms with E-state index in [1.165, 1.54) is 6.20 Å². The number of hydrogen-bond acceptors (Lipinski definition) is 5. The Morgan fingerprint density at radius 1 is 1.46 bits per heavy atom. The van der Waals surface area contributed by atoms with Gasteiger partial charge in [0.1, 0.15) is 0 Å². The summed E-state index contributed by atoms with van der Waals surface area (Å²) in [7, 11) is 0. The van der Waals surface area contributed by atoms with E-state index in [-0.39, 0.29) is 0 Å². The molecule has 13 heavy (non-hydrogen) atoms. The van der Waals surface area contributed by atoms with E-state index in [0.717, 1.165) is 0 Å². The summed E-state index contributed by atoms with van der Waals surface area (Å²) in [5.74, 6) is 0. The minimum Gasteiger partial charge on any atom is -0.398 e. The Labute approximate surface area is 74.0 Å². The standard InChI is InChI=1S/C8H9N3O2/c9-6-2-1-3-7-5(6)4-11(13)8(12)10-7/h1-4,8,12-13H,9H2. The minimum atomic E-state index is -1.24. The number of benzene rings is 1. The van der Waals surface area contributed by atoms with Crippen molar-refractivity contribution >= 4 is 11.9 Å². The molecule has 0 radical (unpaired) electrons. The highest BCUT2D eigenvalue weighted by Gasteiger charge is 2.11. The lowest BCUT2D eigenvalue weighted by Crippen LogP contribution is -2.41. The molecule has 1 aliphatic rings. The number of rotatable bonds is 0. The lowest BCUT2D eigenvalue weighted by molar-refractivity contribution is -0.141. The number of hydroxylamine groups is 2. The van der Waals surface area contributed by atoms with Crippen molar-refractivity contribution in [2.24, 2.45) is 4.99 Å². The van der Waals surface area contributed by atoms with Crippen LogP contribution in [0.4, 0.5) is 5.69 Å². The van der Waals surface area contributed by atoms with Crippen LogP contribution >= 0.6 is 0 Å². The van der Waals surface area contributed by atoms with Crippen LogP contribution in [0.15, 0.2) is 23.2 Å². The van der Waals surface area contributed by atoms with Crippen LogP contribution in [-0.4, -0.2) is 21.7 Å². The normalized spacial score (nSPS) is 20.2. The zero-order chi connectivity index (χ0) is 9.42. The Morgan fingerprint density at radius 3 is 3.00 bits per heavy atom. The molecule has 1 aliphatic heterocycles. The van der Waals surface area contributed by atoms with Gasteiger partial charge in [0.05, 0.1) is 5.36 Å². The molecule has 0 saturated carbocycles. The first-order valence-corrected chi connectivity index (χ1v) is 3.78. The molecule has 0 bridgehead atoms. The Morgan fingerprint density at radius 2 is 2.23 bits per heavy atom. The summed E-state index contributed by atoms with van der Waals surface area (Å²) in [5, 5.41) is 20.1. The molecule has 1 aromatic rings. The largest absolute Gasteiger partial charge is 0.398 e. The molecule has 0 aromatic heterocycles. The summed E-state index contributed by atoms with van der Waals surface area (Å²) in [6, 6.07) is 5.17. The first-order chi connectivity index (χ1) is 6.18. The molecule has 5 nitrogen and oxygen atoms in total. The Hall–Kier alpha value is -1.59. The van der Waals surface area contributed by atoms with Gasteiger partial charge in [0.15, 0.2) is 0 Å². The van der Waals surface area contributed by atoms with E-state index in [9.17, 15) is 0 Å². The number of nitrogens with zero attached hydrogens (tertiary/aromatic N) is 2. The van der Waals surface area contributed by atoms with Crippen LogP contribution in [0.3, 0.4) is 0 Å². The zero-order valence-electron chi connectivity index (χ0n) is 6.75. The third-order valence-electron chi connectivity index (χ3n) is 1.87. The van der Waals surface area contributed by atoms with Gasteiger partial charge in [-0.1, -0.05) is 6.07 Å². The second-order valence-electron chi connectivity index (χ2n) is 2.76. The Bertz CT molecular complexity index is 443. The van der Waals surface area contributed by atoms with Gasteiger partial charge in [-0.3, -0.25) is 5.21 Å². The Balaban J connectivity index is 2.77. The van der Waals surface area contributed by atoms with E-state index in [1.807, 2.05) is 0 Å². The van der Waals surface area contributed by atoms with Crippen LogP contribution in [0.25, 0.3) is 6.20 Å². The summed E-state index contributed by atoms with van der Waals surface area (Å²) < 4.78 is 0. The topological polar surface area (TPSA) is 82.1 Å². The van der Waals surface area contributed by atoms with E-state index >= 15 is 0 Å².